The number of hydrogen-bond acceptors (Lipinski definition) is 6. The Morgan fingerprint density at radius 1 is 1.28 bits per heavy atom. The lowest BCUT2D eigenvalue weighted by molar-refractivity contribution is -0.122. The van der Waals surface area contributed by atoms with Crippen LogP contribution < -0.4 is 15.4 Å². The molecule has 10 heteroatoms. The summed E-state index contributed by atoms with van der Waals surface area (Å²) in [7, 11) is 1.57. The third kappa shape index (κ3) is 5.61. The maximum Gasteiger partial charge on any atom is 0.240 e. The van der Waals surface area contributed by atoms with Gasteiger partial charge in [-0.3, -0.25) is 9.59 Å². The number of ether oxygens (including phenoxy) is 1. The Morgan fingerprint density at radius 3 is 2.72 bits per heavy atom. The zero-order chi connectivity index (χ0) is 20.8. The Kier molecular flexibility index (Phi) is 6.55. The number of amides is 2. The molecule has 1 saturated heterocycles. The van der Waals surface area contributed by atoms with E-state index >= 15 is 0 Å². The highest BCUT2D eigenvalue weighted by molar-refractivity contribution is 8.15. The molecule has 1 heterocycles. The molecule has 0 saturated carbocycles. The fourth-order valence-electron chi connectivity index (χ4n) is 2.38. The number of carbonyl (C=O) groups excluding carboxylic acids is 2. The van der Waals surface area contributed by atoms with Gasteiger partial charge in [-0.2, -0.15) is 5.10 Å². The minimum atomic E-state index is -0.892. The third-order valence-corrected chi connectivity index (χ3v) is 4.90. The molecule has 1 aliphatic rings. The zero-order valence-corrected chi connectivity index (χ0v) is 16.0. The molecule has 150 valence electrons. The van der Waals surface area contributed by atoms with Crippen molar-refractivity contribution in [2.75, 3.05) is 12.4 Å². The number of anilines is 1. The van der Waals surface area contributed by atoms with Crippen molar-refractivity contribution in [3.63, 3.8) is 0 Å². The summed E-state index contributed by atoms with van der Waals surface area (Å²) >= 11 is 1.05. The minimum Gasteiger partial charge on any atom is -0.497 e. The van der Waals surface area contributed by atoms with Gasteiger partial charge in [0.05, 0.1) is 19.0 Å². The van der Waals surface area contributed by atoms with Gasteiger partial charge in [0.25, 0.3) is 0 Å². The van der Waals surface area contributed by atoms with Gasteiger partial charge in [-0.05, 0) is 42.0 Å². The van der Waals surface area contributed by atoms with Crippen LogP contribution in [0.4, 0.5) is 14.5 Å². The maximum absolute atomic E-state index is 13.6. The molecule has 3 rings (SSSR count). The molecule has 29 heavy (non-hydrogen) atoms. The molecule has 2 aromatic rings. The Bertz CT molecular complexity index is 980. The molecule has 7 nitrogen and oxygen atoms in total. The van der Waals surface area contributed by atoms with Crippen molar-refractivity contribution in [1.82, 2.24) is 5.32 Å². The second-order valence-corrected chi connectivity index (χ2v) is 7.09. The number of benzene rings is 2. The van der Waals surface area contributed by atoms with Crippen molar-refractivity contribution in [2.24, 2.45) is 10.2 Å². The van der Waals surface area contributed by atoms with Crippen LogP contribution in [0.5, 0.6) is 5.75 Å². The SMILES string of the molecule is COc1ccc(/C=N\N=C2/NC(=O)[C@@H](CC(=O)Nc3ccc(F)cc3F)S2)cc1. The second kappa shape index (κ2) is 9.28. The highest BCUT2D eigenvalue weighted by atomic mass is 32.2. The van der Waals surface area contributed by atoms with Gasteiger partial charge in [-0.25, -0.2) is 8.78 Å². The van der Waals surface area contributed by atoms with Crippen molar-refractivity contribution in [2.45, 2.75) is 11.7 Å². The molecule has 1 fully saturated rings. The highest BCUT2D eigenvalue weighted by Crippen LogP contribution is 2.23. The lowest BCUT2D eigenvalue weighted by Crippen LogP contribution is -2.28. The number of halogens is 2. The van der Waals surface area contributed by atoms with E-state index in [0.717, 1.165) is 29.5 Å². The summed E-state index contributed by atoms with van der Waals surface area (Å²) in [4.78, 5) is 24.1. The first-order valence-corrected chi connectivity index (χ1v) is 9.30. The third-order valence-electron chi connectivity index (χ3n) is 3.82. The Balaban J connectivity index is 1.55. The zero-order valence-electron chi connectivity index (χ0n) is 15.2. The van der Waals surface area contributed by atoms with Gasteiger partial charge in [0.2, 0.25) is 11.8 Å². The molecule has 1 atom stereocenters. The summed E-state index contributed by atoms with van der Waals surface area (Å²) in [5, 5.41) is 12.2. The van der Waals surface area contributed by atoms with Crippen LogP contribution in [0.15, 0.2) is 52.7 Å². The Labute approximate surface area is 169 Å². The van der Waals surface area contributed by atoms with E-state index in [1.165, 1.54) is 6.21 Å². The average Bonchev–Trinajstić information content (AvgIpc) is 3.03. The van der Waals surface area contributed by atoms with Crippen molar-refractivity contribution >= 4 is 40.6 Å². The van der Waals surface area contributed by atoms with E-state index in [9.17, 15) is 18.4 Å². The Hall–Kier alpha value is -3.27. The summed E-state index contributed by atoms with van der Waals surface area (Å²) in [6.45, 7) is 0. The van der Waals surface area contributed by atoms with Crippen LogP contribution >= 0.6 is 11.8 Å². The first kappa shape index (κ1) is 20.5. The largest absolute Gasteiger partial charge is 0.497 e. The van der Waals surface area contributed by atoms with Gasteiger partial charge >= 0.3 is 0 Å². The molecule has 0 unspecified atom stereocenters. The molecular weight excluding hydrogens is 402 g/mol. The monoisotopic (exact) mass is 418 g/mol. The van der Waals surface area contributed by atoms with E-state index in [1.54, 1.807) is 31.4 Å². The van der Waals surface area contributed by atoms with Crippen molar-refractivity contribution in [1.29, 1.82) is 0 Å². The number of carbonyl (C=O) groups is 2. The van der Waals surface area contributed by atoms with Crippen LogP contribution in [-0.2, 0) is 9.59 Å². The quantitative estimate of drug-likeness (QED) is 0.557. The molecule has 1 aliphatic heterocycles. The maximum atomic E-state index is 13.6. The van der Waals surface area contributed by atoms with E-state index in [4.69, 9.17) is 4.74 Å². The highest BCUT2D eigenvalue weighted by Gasteiger charge is 2.32. The van der Waals surface area contributed by atoms with Crippen molar-refractivity contribution in [3.8, 4) is 5.75 Å². The number of nitrogens with one attached hydrogen (secondary N) is 2. The average molecular weight is 418 g/mol. The Morgan fingerprint density at radius 2 is 2.03 bits per heavy atom. The summed E-state index contributed by atoms with van der Waals surface area (Å²) in [5.41, 5.74) is 0.638. The molecule has 0 bridgehead atoms. The molecule has 0 spiro atoms. The standard InChI is InChI=1S/C19H16F2N4O3S/c1-28-13-5-2-11(3-6-13)10-22-25-19-24-18(27)16(29-19)9-17(26)23-15-7-4-12(20)8-14(15)21/h2-8,10,16H,9H2,1H3,(H,23,26)(H,24,25,27)/b22-10-/t16-/m1/s1. The first-order chi connectivity index (χ1) is 13.9. The normalized spacial score (nSPS) is 17.6. The minimum absolute atomic E-state index is 0.155. The number of rotatable bonds is 6. The summed E-state index contributed by atoms with van der Waals surface area (Å²) < 4.78 is 31.6. The first-order valence-electron chi connectivity index (χ1n) is 8.42. The second-order valence-electron chi connectivity index (χ2n) is 5.90. The molecular formula is C19H16F2N4O3S. The van der Waals surface area contributed by atoms with Gasteiger partial charge in [-0.15, -0.1) is 5.10 Å². The van der Waals surface area contributed by atoms with Gasteiger partial charge in [0.1, 0.15) is 22.6 Å². The van der Waals surface area contributed by atoms with Crippen molar-refractivity contribution < 1.29 is 23.1 Å². The predicted molar refractivity (Wildman–Crippen MR) is 107 cm³/mol. The fourth-order valence-corrected chi connectivity index (χ4v) is 3.31. The van der Waals surface area contributed by atoms with E-state index < -0.39 is 28.7 Å². The van der Waals surface area contributed by atoms with E-state index in [-0.39, 0.29) is 17.3 Å². The van der Waals surface area contributed by atoms with E-state index in [1.807, 2.05) is 0 Å². The van der Waals surface area contributed by atoms with Gasteiger partial charge in [0, 0.05) is 12.5 Å². The summed E-state index contributed by atoms with van der Waals surface area (Å²) in [6.07, 6.45) is 1.31. The van der Waals surface area contributed by atoms with E-state index in [2.05, 4.69) is 20.8 Å². The number of methoxy groups -OCH3 is 1. The van der Waals surface area contributed by atoms with Crippen LogP contribution in [-0.4, -0.2) is 35.6 Å². The molecule has 2 aromatic carbocycles. The van der Waals surface area contributed by atoms with Crippen LogP contribution in [0.2, 0.25) is 0 Å². The number of nitrogens with zero attached hydrogens (tertiary/aromatic N) is 2. The molecule has 0 aromatic heterocycles. The van der Waals surface area contributed by atoms with Crippen LogP contribution in [0.1, 0.15) is 12.0 Å². The predicted octanol–water partition coefficient (Wildman–Crippen LogP) is 2.92. The van der Waals surface area contributed by atoms with E-state index in [0.29, 0.717) is 11.8 Å². The number of hydrogen-bond donors (Lipinski definition) is 2. The van der Waals surface area contributed by atoms with Crippen LogP contribution in [0.3, 0.4) is 0 Å². The van der Waals surface area contributed by atoms with Crippen LogP contribution in [0.25, 0.3) is 0 Å². The molecule has 2 amide bonds. The smallest absolute Gasteiger partial charge is 0.240 e. The lowest BCUT2D eigenvalue weighted by Gasteiger charge is -2.08. The topological polar surface area (TPSA) is 92.2 Å². The van der Waals surface area contributed by atoms with Gasteiger partial charge in [0.15, 0.2) is 5.17 Å². The fraction of sp³-hybridized carbons (Fsp3) is 0.158. The molecule has 0 aliphatic carbocycles. The number of thioether (sulfide) groups is 1. The lowest BCUT2D eigenvalue weighted by atomic mass is 10.2. The van der Waals surface area contributed by atoms with Crippen molar-refractivity contribution in [3.05, 3.63) is 59.7 Å². The van der Waals surface area contributed by atoms with Gasteiger partial charge < -0.3 is 15.4 Å². The van der Waals surface area contributed by atoms with Gasteiger partial charge in [-0.1, -0.05) is 11.8 Å². The molecule has 2 N–H and O–H groups in total. The van der Waals surface area contributed by atoms with Crippen LogP contribution in [0, 0.1) is 11.6 Å². The summed E-state index contributed by atoms with van der Waals surface area (Å²) in [5.74, 6) is -1.90. The number of amidine groups is 1. The molecule has 0 radical (unpaired) electrons. The summed E-state index contributed by atoms with van der Waals surface area (Å²) in [6, 6.07) is 9.96.